The van der Waals surface area contributed by atoms with Crippen molar-refractivity contribution in [2.24, 2.45) is 0 Å². The second-order valence-electron chi connectivity index (χ2n) is 3.34. The van der Waals surface area contributed by atoms with Crippen molar-refractivity contribution in [1.82, 2.24) is 0 Å². The molecular formula is C11H15NOS. The molecule has 0 bridgehead atoms. The Morgan fingerprint density at radius 1 is 1.36 bits per heavy atom. The minimum atomic E-state index is 0.514. The highest BCUT2D eigenvalue weighted by Gasteiger charge is 2.17. The molecule has 1 N–H and O–H groups in total. The maximum atomic E-state index is 5.10. The van der Waals surface area contributed by atoms with Crippen LogP contribution in [0.4, 0.5) is 5.69 Å². The standard InChI is InChI=1S/C11H15NOS/c1-2-14-11-5-3-9(4-6-11)12-10-7-13-8-10/h3-6,10,12H,2,7-8H2,1H3. The third-order valence-corrected chi connectivity index (χ3v) is 3.07. The molecule has 1 aromatic rings. The molecule has 1 heterocycles. The molecule has 2 rings (SSSR count). The van der Waals surface area contributed by atoms with Crippen LogP contribution < -0.4 is 5.32 Å². The summed E-state index contributed by atoms with van der Waals surface area (Å²) in [5.74, 6) is 1.13. The average molecular weight is 209 g/mol. The summed E-state index contributed by atoms with van der Waals surface area (Å²) in [6.45, 7) is 3.85. The Labute approximate surface area is 89.0 Å². The number of hydrogen-bond acceptors (Lipinski definition) is 3. The molecule has 3 heteroatoms. The quantitative estimate of drug-likeness (QED) is 0.770. The molecule has 0 spiro atoms. The lowest BCUT2D eigenvalue weighted by Crippen LogP contribution is -2.40. The zero-order valence-electron chi connectivity index (χ0n) is 8.32. The van der Waals surface area contributed by atoms with E-state index in [0.717, 1.165) is 19.0 Å². The predicted octanol–water partition coefficient (Wildman–Crippen LogP) is 2.61. The van der Waals surface area contributed by atoms with Gasteiger partial charge in [-0.2, -0.15) is 0 Å². The molecule has 0 aliphatic carbocycles. The number of thioether (sulfide) groups is 1. The van der Waals surface area contributed by atoms with E-state index in [1.807, 2.05) is 11.8 Å². The highest BCUT2D eigenvalue weighted by molar-refractivity contribution is 7.99. The Morgan fingerprint density at radius 2 is 2.07 bits per heavy atom. The Hall–Kier alpha value is -0.670. The first kappa shape index (κ1) is 9.87. The van der Waals surface area contributed by atoms with Gasteiger partial charge in [0, 0.05) is 10.6 Å². The first-order valence-electron chi connectivity index (χ1n) is 4.95. The Balaban J connectivity index is 1.91. The van der Waals surface area contributed by atoms with Gasteiger partial charge in [-0.15, -0.1) is 11.8 Å². The summed E-state index contributed by atoms with van der Waals surface area (Å²) in [6.07, 6.45) is 0. The normalized spacial score (nSPS) is 16.4. The van der Waals surface area contributed by atoms with Crippen molar-refractivity contribution in [3.63, 3.8) is 0 Å². The Kier molecular flexibility index (Phi) is 3.32. The number of benzene rings is 1. The molecular weight excluding hydrogens is 194 g/mol. The van der Waals surface area contributed by atoms with Crippen LogP contribution in [0.1, 0.15) is 6.92 Å². The summed E-state index contributed by atoms with van der Waals surface area (Å²) >= 11 is 1.87. The summed E-state index contributed by atoms with van der Waals surface area (Å²) in [5, 5.41) is 3.41. The largest absolute Gasteiger partial charge is 0.378 e. The maximum Gasteiger partial charge on any atom is 0.0728 e. The lowest BCUT2D eigenvalue weighted by molar-refractivity contribution is 0.0211. The van der Waals surface area contributed by atoms with Crippen molar-refractivity contribution in [2.75, 3.05) is 24.3 Å². The van der Waals surface area contributed by atoms with Gasteiger partial charge in [-0.3, -0.25) is 0 Å². The van der Waals surface area contributed by atoms with Gasteiger partial charge in [0.05, 0.1) is 19.3 Å². The molecule has 0 aromatic heterocycles. The molecule has 0 amide bonds. The van der Waals surface area contributed by atoms with Crippen LogP contribution in [0, 0.1) is 0 Å². The number of anilines is 1. The predicted molar refractivity (Wildman–Crippen MR) is 61.1 cm³/mol. The van der Waals surface area contributed by atoms with E-state index < -0.39 is 0 Å². The number of ether oxygens (including phenoxy) is 1. The minimum absolute atomic E-state index is 0.514. The van der Waals surface area contributed by atoms with Crippen molar-refractivity contribution in [1.29, 1.82) is 0 Å². The molecule has 1 aliphatic rings. The third-order valence-electron chi connectivity index (χ3n) is 2.17. The maximum absolute atomic E-state index is 5.10. The van der Waals surface area contributed by atoms with Gasteiger partial charge in [0.25, 0.3) is 0 Å². The van der Waals surface area contributed by atoms with Gasteiger partial charge in [-0.1, -0.05) is 6.92 Å². The van der Waals surface area contributed by atoms with Gasteiger partial charge in [-0.25, -0.2) is 0 Å². The zero-order valence-corrected chi connectivity index (χ0v) is 9.14. The Morgan fingerprint density at radius 3 is 2.57 bits per heavy atom. The van der Waals surface area contributed by atoms with Crippen molar-refractivity contribution in [2.45, 2.75) is 17.9 Å². The van der Waals surface area contributed by atoms with Crippen LogP contribution in [-0.2, 0) is 4.74 Å². The van der Waals surface area contributed by atoms with Crippen molar-refractivity contribution in [3.8, 4) is 0 Å². The van der Waals surface area contributed by atoms with Crippen molar-refractivity contribution in [3.05, 3.63) is 24.3 Å². The van der Waals surface area contributed by atoms with E-state index in [1.165, 1.54) is 10.6 Å². The molecule has 0 unspecified atom stereocenters. The van der Waals surface area contributed by atoms with E-state index in [2.05, 4.69) is 36.5 Å². The van der Waals surface area contributed by atoms with Crippen LogP contribution in [0.5, 0.6) is 0 Å². The first-order valence-corrected chi connectivity index (χ1v) is 5.94. The van der Waals surface area contributed by atoms with Crippen LogP contribution in [-0.4, -0.2) is 25.0 Å². The van der Waals surface area contributed by atoms with Gasteiger partial charge in [0.1, 0.15) is 0 Å². The van der Waals surface area contributed by atoms with Gasteiger partial charge in [0.15, 0.2) is 0 Å². The molecule has 1 aliphatic heterocycles. The second kappa shape index (κ2) is 4.71. The van der Waals surface area contributed by atoms with E-state index >= 15 is 0 Å². The molecule has 76 valence electrons. The smallest absolute Gasteiger partial charge is 0.0728 e. The van der Waals surface area contributed by atoms with Crippen molar-refractivity contribution >= 4 is 17.4 Å². The molecule has 0 saturated carbocycles. The second-order valence-corrected chi connectivity index (χ2v) is 4.67. The lowest BCUT2D eigenvalue weighted by atomic mass is 10.2. The highest BCUT2D eigenvalue weighted by Crippen LogP contribution is 2.20. The molecule has 2 nitrogen and oxygen atoms in total. The van der Waals surface area contributed by atoms with Crippen LogP contribution in [0.3, 0.4) is 0 Å². The third kappa shape index (κ3) is 2.42. The zero-order chi connectivity index (χ0) is 9.80. The highest BCUT2D eigenvalue weighted by atomic mass is 32.2. The van der Waals surface area contributed by atoms with Crippen LogP contribution in [0.25, 0.3) is 0 Å². The molecule has 1 aromatic carbocycles. The fourth-order valence-electron chi connectivity index (χ4n) is 1.37. The fourth-order valence-corrected chi connectivity index (χ4v) is 2.03. The number of hydrogen-bond donors (Lipinski definition) is 1. The van der Waals surface area contributed by atoms with Crippen LogP contribution in [0.2, 0.25) is 0 Å². The summed E-state index contributed by atoms with van der Waals surface area (Å²) in [6, 6.07) is 9.11. The summed E-state index contributed by atoms with van der Waals surface area (Å²) in [7, 11) is 0. The van der Waals surface area contributed by atoms with E-state index in [4.69, 9.17) is 4.74 Å². The summed E-state index contributed by atoms with van der Waals surface area (Å²) < 4.78 is 5.10. The van der Waals surface area contributed by atoms with Crippen molar-refractivity contribution < 1.29 is 4.74 Å². The van der Waals surface area contributed by atoms with Crippen LogP contribution >= 0.6 is 11.8 Å². The monoisotopic (exact) mass is 209 g/mol. The molecule has 0 atom stereocenters. The van der Waals surface area contributed by atoms with Gasteiger partial charge >= 0.3 is 0 Å². The van der Waals surface area contributed by atoms with Gasteiger partial charge < -0.3 is 10.1 Å². The average Bonchev–Trinajstić information content (AvgIpc) is 2.14. The lowest BCUT2D eigenvalue weighted by Gasteiger charge is -2.27. The van der Waals surface area contributed by atoms with E-state index in [9.17, 15) is 0 Å². The van der Waals surface area contributed by atoms with E-state index in [0.29, 0.717) is 6.04 Å². The SMILES string of the molecule is CCSc1ccc(NC2COC2)cc1. The van der Waals surface area contributed by atoms with E-state index in [1.54, 1.807) is 0 Å². The van der Waals surface area contributed by atoms with E-state index in [-0.39, 0.29) is 0 Å². The minimum Gasteiger partial charge on any atom is -0.378 e. The topological polar surface area (TPSA) is 21.3 Å². The fraction of sp³-hybridized carbons (Fsp3) is 0.455. The summed E-state index contributed by atoms with van der Waals surface area (Å²) in [4.78, 5) is 1.34. The first-order chi connectivity index (χ1) is 6.88. The number of rotatable bonds is 4. The summed E-state index contributed by atoms with van der Waals surface area (Å²) in [5.41, 5.74) is 1.19. The molecule has 1 fully saturated rings. The van der Waals surface area contributed by atoms with Crippen LogP contribution in [0.15, 0.2) is 29.2 Å². The number of nitrogens with one attached hydrogen (secondary N) is 1. The van der Waals surface area contributed by atoms with Gasteiger partial charge in [0.2, 0.25) is 0 Å². The van der Waals surface area contributed by atoms with Gasteiger partial charge in [-0.05, 0) is 30.0 Å². The molecule has 1 saturated heterocycles. The molecule has 14 heavy (non-hydrogen) atoms. The Bertz CT molecular complexity index is 282. The molecule has 0 radical (unpaired) electrons.